The number of benzene rings is 1. The molecule has 1 aliphatic rings. The van der Waals surface area contributed by atoms with Crippen molar-refractivity contribution in [1.29, 1.82) is 0 Å². The van der Waals surface area contributed by atoms with Crippen LogP contribution in [0.3, 0.4) is 0 Å². The third-order valence-corrected chi connectivity index (χ3v) is 8.24. The van der Waals surface area contributed by atoms with Crippen LogP contribution in [0.2, 0.25) is 0 Å². The number of nitrogens with one attached hydrogen (secondary N) is 1. The molecule has 0 saturated heterocycles. The Balaban J connectivity index is 1.98. The van der Waals surface area contributed by atoms with Crippen molar-refractivity contribution in [2.45, 2.75) is 28.2 Å². The van der Waals surface area contributed by atoms with Crippen molar-refractivity contribution in [2.75, 3.05) is 11.6 Å². The van der Waals surface area contributed by atoms with Crippen molar-refractivity contribution >= 4 is 56.0 Å². The second-order valence-electron chi connectivity index (χ2n) is 5.67. The Labute approximate surface area is 155 Å². The number of ether oxygens (including phenoxy) is 1. The average Bonchev–Trinajstić information content (AvgIpc) is 2.93. The summed E-state index contributed by atoms with van der Waals surface area (Å²) < 4.78 is 30.6. The van der Waals surface area contributed by atoms with Gasteiger partial charge in [-0.15, -0.1) is 11.3 Å². The SMILES string of the molecule is CC1Cc2cc(C(Sc3cccs3)S(C)(=O)=O)ccc2NC(=S)O1. The van der Waals surface area contributed by atoms with Gasteiger partial charge in [0.25, 0.3) is 5.17 Å². The van der Waals surface area contributed by atoms with E-state index in [1.165, 1.54) is 18.0 Å². The number of sulfone groups is 1. The molecule has 2 unspecified atom stereocenters. The van der Waals surface area contributed by atoms with Crippen LogP contribution < -0.4 is 5.32 Å². The highest BCUT2D eigenvalue weighted by Gasteiger charge is 2.26. The molecule has 1 aromatic carbocycles. The minimum atomic E-state index is -3.26. The van der Waals surface area contributed by atoms with Crippen LogP contribution in [-0.4, -0.2) is 26.0 Å². The molecule has 1 aliphatic heterocycles. The lowest BCUT2D eigenvalue weighted by molar-refractivity contribution is 0.217. The average molecular weight is 400 g/mol. The standard InChI is InChI=1S/C16H17NO3S4/c1-10-8-12-9-11(5-6-13(12)17-16(21)20-10)15(24(2,18)19)23-14-4-3-7-22-14/h3-7,9-10,15H,8H2,1-2H3,(H,17,21). The van der Waals surface area contributed by atoms with Crippen molar-refractivity contribution < 1.29 is 13.2 Å². The quantitative estimate of drug-likeness (QED) is 0.613. The highest BCUT2D eigenvalue weighted by molar-refractivity contribution is 8.13. The molecule has 0 bridgehead atoms. The monoisotopic (exact) mass is 399 g/mol. The fourth-order valence-corrected chi connectivity index (χ4v) is 6.45. The second kappa shape index (κ2) is 7.03. The van der Waals surface area contributed by atoms with Gasteiger partial charge in [-0.2, -0.15) is 0 Å². The van der Waals surface area contributed by atoms with Crippen LogP contribution in [0, 0.1) is 0 Å². The number of thiocarbonyl (C=S) groups is 1. The summed E-state index contributed by atoms with van der Waals surface area (Å²) in [6.45, 7) is 1.95. The topological polar surface area (TPSA) is 55.4 Å². The van der Waals surface area contributed by atoms with Crippen molar-refractivity contribution in [3.63, 3.8) is 0 Å². The molecular weight excluding hydrogens is 382 g/mol. The predicted octanol–water partition coefficient (Wildman–Crippen LogP) is 4.24. The van der Waals surface area contributed by atoms with Crippen molar-refractivity contribution in [1.82, 2.24) is 0 Å². The van der Waals surface area contributed by atoms with E-state index >= 15 is 0 Å². The first-order chi connectivity index (χ1) is 11.3. The summed E-state index contributed by atoms with van der Waals surface area (Å²) in [5.74, 6) is 0. The van der Waals surface area contributed by atoms with E-state index in [1.54, 1.807) is 11.3 Å². The number of rotatable bonds is 4. The number of thioether (sulfide) groups is 1. The molecule has 0 fully saturated rings. The summed E-state index contributed by atoms with van der Waals surface area (Å²) >= 11 is 8.04. The Morgan fingerprint density at radius 3 is 2.88 bits per heavy atom. The fraction of sp³-hybridized carbons (Fsp3) is 0.312. The van der Waals surface area contributed by atoms with Crippen LogP contribution in [0.25, 0.3) is 0 Å². The van der Waals surface area contributed by atoms with E-state index in [-0.39, 0.29) is 6.10 Å². The fourth-order valence-electron chi connectivity index (χ4n) is 2.56. The lowest BCUT2D eigenvalue weighted by Gasteiger charge is -2.17. The Bertz CT molecular complexity index is 846. The van der Waals surface area contributed by atoms with Crippen LogP contribution in [0.15, 0.2) is 39.9 Å². The summed E-state index contributed by atoms with van der Waals surface area (Å²) in [5, 5.41) is 5.35. The zero-order chi connectivity index (χ0) is 17.3. The van der Waals surface area contributed by atoms with Gasteiger partial charge in [0.05, 0.1) is 4.21 Å². The van der Waals surface area contributed by atoms with E-state index in [0.29, 0.717) is 11.6 Å². The molecule has 0 radical (unpaired) electrons. The van der Waals surface area contributed by atoms with Gasteiger partial charge in [-0.1, -0.05) is 30.0 Å². The first kappa shape index (κ1) is 17.7. The largest absolute Gasteiger partial charge is 0.467 e. The second-order valence-corrected chi connectivity index (χ2v) is 10.8. The Kier molecular flexibility index (Phi) is 5.19. The highest BCUT2D eigenvalue weighted by Crippen LogP contribution is 2.42. The van der Waals surface area contributed by atoms with E-state index in [2.05, 4.69) is 5.32 Å². The lowest BCUT2D eigenvalue weighted by atomic mass is 10.0. The van der Waals surface area contributed by atoms with Gasteiger partial charge in [-0.3, -0.25) is 0 Å². The van der Waals surface area contributed by atoms with Crippen LogP contribution >= 0.6 is 35.3 Å². The summed E-state index contributed by atoms with van der Waals surface area (Å²) in [5.41, 5.74) is 2.67. The lowest BCUT2D eigenvalue weighted by Crippen LogP contribution is -2.16. The number of anilines is 1. The molecule has 4 nitrogen and oxygen atoms in total. The summed E-state index contributed by atoms with van der Waals surface area (Å²) in [7, 11) is -3.26. The number of hydrogen-bond acceptors (Lipinski definition) is 6. The molecule has 1 aromatic heterocycles. The Morgan fingerprint density at radius 2 is 2.21 bits per heavy atom. The maximum absolute atomic E-state index is 12.3. The van der Waals surface area contributed by atoms with Gasteiger partial charge >= 0.3 is 0 Å². The van der Waals surface area contributed by atoms with Gasteiger partial charge in [-0.25, -0.2) is 8.42 Å². The van der Waals surface area contributed by atoms with Gasteiger partial charge in [0.15, 0.2) is 9.84 Å². The van der Waals surface area contributed by atoms with Crippen LogP contribution in [0.5, 0.6) is 0 Å². The molecule has 1 N–H and O–H groups in total. The molecule has 2 aromatic rings. The molecule has 0 amide bonds. The third-order valence-electron chi connectivity index (χ3n) is 3.56. The van der Waals surface area contributed by atoms with Crippen molar-refractivity contribution in [3.8, 4) is 0 Å². The summed E-state index contributed by atoms with van der Waals surface area (Å²) in [4.78, 5) is 0. The molecule has 8 heteroatoms. The number of hydrogen-bond donors (Lipinski definition) is 1. The Morgan fingerprint density at radius 1 is 1.42 bits per heavy atom. The van der Waals surface area contributed by atoms with Crippen LogP contribution in [0.4, 0.5) is 5.69 Å². The minimum absolute atomic E-state index is 0.0527. The molecule has 128 valence electrons. The summed E-state index contributed by atoms with van der Waals surface area (Å²) in [6, 6.07) is 9.53. The van der Waals surface area contributed by atoms with Crippen LogP contribution in [-0.2, 0) is 21.0 Å². The van der Waals surface area contributed by atoms with E-state index in [9.17, 15) is 8.42 Å². The molecule has 0 saturated carbocycles. The molecule has 0 aliphatic carbocycles. The molecule has 2 heterocycles. The molecule has 0 spiro atoms. The van der Waals surface area contributed by atoms with Crippen molar-refractivity contribution in [2.24, 2.45) is 0 Å². The van der Waals surface area contributed by atoms with E-state index < -0.39 is 14.4 Å². The first-order valence-corrected chi connectivity index (χ1v) is 11.4. The molecule has 3 rings (SSSR count). The molecule has 2 atom stereocenters. The smallest absolute Gasteiger partial charge is 0.261 e. The normalized spacial score (nSPS) is 18.9. The van der Waals surface area contributed by atoms with E-state index in [0.717, 1.165) is 21.0 Å². The maximum atomic E-state index is 12.3. The zero-order valence-corrected chi connectivity index (χ0v) is 16.4. The third kappa shape index (κ3) is 4.11. The Hall–Kier alpha value is -1.09. The maximum Gasteiger partial charge on any atom is 0.261 e. The van der Waals surface area contributed by atoms with E-state index in [4.69, 9.17) is 17.0 Å². The van der Waals surface area contributed by atoms with Gasteiger partial charge in [0, 0.05) is 18.4 Å². The van der Waals surface area contributed by atoms with Gasteiger partial charge in [-0.05, 0) is 47.8 Å². The van der Waals surface area contributed by atoms with Gasteiger partial charge in [0.2, 0.25) is 0 Å². The molecular formula is C16H17NO3S4. The van der Waals surface area contributed by atoms with Gasteiger partial charge in [0.1, 0.15) is 10.7 Å². The minimum Gasteiger partial charge on any atom is -0.467 e. The predicted molar refractivity (Wildman–Crippen MR) is 105 cm³/mol. The van der Waals surface area contributed by atoms with E-state index in [1.807, 2.05) is 42.6 Å². The highest BCUT2D eigenvalue weighted by atomic mass is 32.3. The summed E-state index contributed by atoms with van der Waals surface area (Å²) in [6.07, 6.45) is 1.91. The number of fused-ring (bicyclic) bond motifs is 1. The first-order valence-electron chi connectivity index (χ1n) is 7.32. The van der Waals surface area contributed by atoms with Gasteiger partial charge < -0.3 is 10.1 Å². The zero-order valence-electron chi connectivity index (χ0n) is 13.2. The molecule has 24 heavy (non-hydrogen) atoms. The number of thiophene rings is 1. The van der Waals surface area contributed by atoms with Crippen molar-refractivity contribution in [3.05, 3.63) is 46.8 Å². The van der Waals surface area contributed by atoms with Crippen LogP contribution in [0.1, 0.15) is 22.6 Å².